The van der Waals surface area contributed by atoms with Gasteiger partial charge in [-0.25, -0.2) is 4.98 Å². The SMILES string of the molecule is CNC(C)(C)C(=O)NCc1ncc(C)o1. The number of hydrogen-bond acceptors (Lipinski definition) is 4. The first kappa shape index (κ1) is 11.7. The maximum Gasteiger partial charge on any atom is 0.240 e. The Labute approximate surface area is 89.3 Å². The zero-order valence-electron chi connectivity index (χ0n) is 9.55. The van der Waals surface area contributed by atoms with Gasteiger partial charge in [-0.1, -0.05) is 0 Å². The van der Waals surface area contributed by atoms with Crippen molar-refractivity contribution in [3.63, 3.8) is 0 Å². The third-order valence-electron chi connectivity index (χ3n) is 2.26. The fourth-order valence-electron chi connectivity index (χ4n) is 0.974. The molecule has 0 spiro atoms. The molecule has 15 heavy (non-hydrogen) atoms. The normalized spacial score (nSPS) is 11.5. The van der Waals surface area contributed by atoms with Crippen molar-refractivity contribution in [3.05, 3.63) is 17.8 Å². The molecular weight excluding hydrogens is 194 g/mol. The Bertz CT molecular complexity index is 344. The molecular formula is C10H17N3O2. The highest BCUT2D eigenvalue weighted by atomic mass is 16.4. The van der Waals surface area contributed by atoms with Crippen molar-refractivity contribution in [1.29, 1.82) is 0 Å². The van der Waals surface area contributed by atoms with Gasteiger partial charge in [0.15, 0.2) is 0 Å². The number of rotatable bonds is 4. The molecule has 0 aliphatic carbocycles. The monoisotopic (exact) mass is 211 g/mol. The standard InChI is InChI=1S/C10H17N3O2/c1-7-5-12-8(15-7)6-13-9(14)10(2,3)11-4/h5,11H,6H2,1-4H3,(H,13,14). The van der Waals surface area contributed by atoms with Gasteiger partial charge in [0.2, 0.25) is 11.8 Å². The minimum absolute atomic E-state index is 0.0825. The van der Waals surface area contributed by atoms with Crippen LogP contribution in [-0.2, 0) is 11.3 Å². The summed E-state index contributed by atoms with van der Waals surface area (Å²) in [5.74, 6) is 1.18. The Balaban J connectivity index is 2.47. The topological polar surface area (TPSA) is 67.2 Å². The van der Waals surface area contributed by atoms with Crippen molar-refractivity contribution < 1.29 is 9.21 Å². The van der Waals surface area contributed by atoms with Gasteiger partial charge >= 0.3 is 0 Å². The van der Waals surface area contributed by atoms with Crippen LogP contribution in [0.15, 0.2) is 10.6 Å². The van der Waals surface area contributed by atoms with Gasteiger partial charge in [0.05, 0.1) is 18.3 Å². The lowest BCUT2D eigenvalue weighted by atomic mass is 10.1. The summed E-state index contributed by atoms with van der Waals surface area (Å²) in [6.07, 6.45) is 1.63. The molecule has 1 aromatic heterocycles. The summed E-state index contributed by atoms with van der Waals surface area (Å²) in [5.41, 5.74) is -0.582. The largest absolute Gasteiger partial charge is 0.444 e. The first-order valence-corrected chi connectivity index (χ1v) is 4.84. The molecule has 1 heterocycles. The average molecular weight is 211 g/mol. The Morgan fingerprint density at radius 3 is 2.73 bits per heavy atom. The Morgan fingerprint density at radius 2 is 2.27 bits per heavy atom. The molecule has 5 nitrogen and oxygen atoms in total. The van der Waals surface area contributed by atoms with Crippen LogP contribution in [0.1, 0.15) is 25.5 Å². The van der Waals surface area contributed by atoms with Crippen molar-refractivity contribution in [2.75, 3.05) is 7.05 Å². The zero-order chi connectivity index (χ0) is 11.5. The van der Waals surface area contributed by atoms with Gasteiger partial charge in [-0.2, -0.15) is 0 Å². The fourth-order valence-corrected chi connectivity index (χ4v) is 0.974. The second kappa shape index (κ2) is 4.44. The lowest BCUT2D eigenvalue weighted by Crippen LogP contribution is -2.50. The number of carbonyl (C=O) groups is 1. The molecule has 1 aromatic rings. The van der Waals surface area contributed by atoms with E-state index in [4.69, 9.17) is 4.42 Å². The van der Waals surface area contributed by atoms with Crippen LogP contribution in [0.2, 0.25) is 0 Å². The molecule has 5 heteroatoms. The van der Waals surface area contributed by atoms with Gasteiger partial charge in [-0.05, 0) is 27.8 Å². The van der Waals surface area contributed by atoms with Gasteiger partial charge < -0.3 is 15.1 Å². The Kier molecular flexibility index (Phi) is 3.47. The molecule has 0 saturated heterocycles. The first-order valence-electron chi connectivity index (χ1n) is 4.84. The van der Waals surface area contributed by atoms with Crippen LogP contribution in [0.5, 0.6) is 0 Å². The van der Waals surface area contributed by atoms with E-state index in [9.17, 15) is 4.79 Å². The summed E-state index contributed by atoms with van der Waals surface area (Å²) in [6, 6.07) is 0. The number of aryl methyl sites for hydroxylation is 1. The molecule has 0 unspecified atom stereocenters. The van der Waals surface area contributed by atoms with E-state index in [1.807, 2.05) is 20.8 Å². The molecule has 0 saturated carbocycles. The van der Waals surface area contributed by atoms with Gasteiger partial charge in [0.1, 0.15) is 5.76 Å². The zero-order valence-corrected chi connectivity index (χ0v) is 9.55. The summed E-state index contributed by atoms with van der Waals surface area (Å²) < 4.78 is 5.23. The molecule has 1 rings (SSSR count). The van der Waals surface area contributed by atoms with E-state index in [1.54, 1.807) is 13.2 Å². The van der Waals surface area contributed by atoms with E-state index in [0.29, 0.717) is 12.4 Å². The van der Waals surface area contributed by atoms with E-state index in [-0.39, 0.29) is 5.91 Å². The predicted octanol–water partition coefficient (Wildman–Crippen LogP) is 0.597. The molecule has 0 aliphatic heterocycles. The quantitative estimate of drug-likeness (QED) is 0.765. The molecule has 0 fully saturated rings. The van der Waals surface area contributed by atoms with Crippen LogP contribution in [0.25, 0.3) is 0 Å². The van der Waals surface area contributed by atoms with Gasteiger partial charge in [-0.15, -0.1) is 0 Å². The second-order valence-corrected chi connectivity index (χ2v) is 3.92. The average Bonchev–Trinajstić information content (AvgIpc) is 2.60. The number of nitrogens with zero attached hydrogens (tertiary/aromatic N) is 1. The molecule has 0 radical (unpaired) electrons. The summed E-state index contributed by atoms with van der Waals surface area (Å²) in [7, 11) is 1.74. The van der Waals surface area contributed by atoms with Crippen LogP contribution in [-0.4, -0.2) is 23.5 Å². The van der Waals surface area contributed by atoms with Gasteiger partial charge in [0.25, 0.3) is 0 Å². The van der Waals surface area contributed by atoms with E-state index >= 15 is 0 Å². The number of oxazole rings is 1. The number of carbonyl (C=O) groups excluding carboxylic acids is 1. The van der Waals surface area contributed by atoms with E-state index in [0.717, 1.165) is 5.76 Å². The van der Waals surface area contributed by atoms with Gasteiger partial charge in [-0.3, -0.25) is 4.79 Å². The highest BCUT2D eigenvalue weighted by molar-refractivity contribution is 5.85. The summed E-state index contributed by atoms with van der Waals surface area (Å²) in [5, 5.41) is 5.67. The fraction of sp³-hybridized carbons (Fsp3) is 0.600. The van der Waals surface area contributed by atoms with E-state index < -0.39 is 5.54 Å². The van der Waals surface area contributed by atoms with Gasteiger partial charge in [0, 0.05) is 0 Å². The number of likely N-dealkylation sites (N-methyl/N-ethyl adjacent to an activating group) is 1. The molecule has 0 aliphatic rings. The van der Waals surface area contributed by atoms with Crippen LogP contribution in [0, 0.1) is 6.92 Å². The third-order valence-corrected chi connectivity index (χ3v) is 2.26. The Hall–Kier alpha value is -1.36. The van der Waals surface area contributed by atoms with Crippen LogP contribution in [0.3, 0.4) is 0 Å². The second-order valence-electron chi connectivity index (χ2n) is 3.92. The third kappa shape index (κ3) is 3.06. The van der Waals surface area contributed by atoms with Crippen LogP contribution >= 0.6 is 0 Å². The summed E-state index contributed by atoms with van der Waals surface area (Å²) >= 11 is 0. The summed E-state index contributed by atoms with van der Waals surface area (Å²) in [6.45, 7) is 5.75. The summed E-state index contributed by atoms with van der Waals surface area (Å²) in [4.78, 5) is 15.6. The molecule has 0 aromatic carbocycles. The smallest absolute Gasteiger partial charge is 0.240 e. The number of hydrogen-bond donors (Lipinski definition) is 2. The number of amides is 1. The van der Waals surface area contributed by atoms with Crippen molar-refractivity contribution >= 4 is 5.91 Å². The van der Waals surface area contributed by atoms with Crippen molar-refractivity contribution in [1.82, 2.24) is 15.6 Å². The number of aromatic nitrogens is 1. The molecule has 0 atom stereocenters. The molecule has 1 amide bonds. The molecule has 2 N–H and O–H groups in total. The lowest BCUT2D eigenvalue weighted by molar-refractivity contribution is -0.126. The van der Waals surface area contributed by atoms with Crippen molar-refractivity contribution in [2.24, 2.45) is 0 Å². The first-order chi connectivity index (χ1) is 6.95. The highest BCUT2D eigenvalue weighted by Gasteiger charge is 2.24. The predicted molar refractivity (Wildman–Crippen MR) is 56.2 cm³/mol. The number of nitrogens with one attached hydrogen (secondary N) is 2. The maximum atomic E-state index is 11.6. The lowest BCUT2D eigenvalue weighted by Gasteiger charge is -2.22. The minimum atomic E-state index is -0.582. The van der Waals surface area contributed by atoms with Crippen LogP contribution in [0.4, 0.5) is 0 Å². The highest BCUT2D eigenvalue weighted by Crippen LogP contribution is 2.03. The van der Waals surface area contributed by atoms with Crippen molar-refractivity contribution in [2.45, 2.75) is 32.9 Å². The van der Waals surface area contributed by atoms with E-state index in [2.05, 4.69) is 15.6 Å². The van der Waals surface area contributed by atoms with E-state index in [1.165, 1.54) is 0 Å². The molecule has 0 bridgehead atoms. The van der Waals surface area contributed by atoms with Crippen molar-refractivity contribution in [3.8, 4) is 0 Å². The van der Waals surface area contributed by atoms with Crippen LogP contribution < -0.4 is 10.6 Å². The Morgan fingerprint density at radius 1 is 1.60 bits per heavy atom. The maximum absolute atomic E-state index is 11.6. The minimum Gasteiger partial charge on any atom is -0.444 e. The molecule has 84 valence electrons.